The lowest BCUT2D eigenvalue weighted by Crippen LogP contribution is -2.30. The normalized spacial score (nSPS) is 13.8. The number of anilines is 1. The number of hydrogen-bond acceptors (Lipinski definition) is 2. The van der Waals surface area contributed by atoms with Gasteiger partial charge in [-0.1, -0.05) is 124 Å². The van der Waals surface area contributed by atoms with E-state index in [0.717, 1.165) is 5.69 Å². The third-order valence-corrected chi connectivity index (χ3v) is 13.2. The molecule has 0 aliphatic heterocycles. The number of benzene rings is 2. The number of hydrogen-bond donors (Lipinski definition) is 1. The summed E-state index contributed by atoms with van der Waals surface area (Å²) in [6, 6.07) is 24.3. The summed E-state index contributed by atoms with van der Waals surface area (Å²) in [5.41, 5.74) is 6.34. The molecule has 0 aliphatic rings. The Morgan fingerprint density at radius 2 is 1.08 bits per heavy atom. The standard InChI is InChI=1S/C33H48N2S/c1-22(2)28-18-14-19-29(23(3)4)33(28)35-32(27-16-12-11-13-17-27)30-20-15-21-31(34-30)36(24(5)6,25(7)8)26(9)10/h11-26,32,35H,1-10H3. The van der Waals surface area contributed by atoms with E-state index >= 15 is 0 Å². The van der Waals surface area contributed by atoms with E-state index in [1.807, 2.05) is 0 Å². The maximum absolute atomic E-state index is 5.51. The van der Waals surface area contributed by atoms with Crippen LogP contribution in [0.2, 0.25) is 0 Å². The lowest BCUT2D eigenvalue weighted by molar-refractivity contribution is 0.804. The molecule has 36 heavy (non-hydrogen) atoms. The summed E-state index contributed by atoms with van der Waals surface area (Å²) in [7, 11) is -1.12. The topological polar surface area (TPSA) is 24.9 Å². The van der Waals surface area contributed by atoms with E-state index in [1.54, 1.807) is 0 Å². The van der Waals surface area contributed by atoms with E-state index < -0.39 is 10.0 Å². The van der Waals surface area contributed by atoms with Gasteiger partial charge in [-0.05, 0) is 56.4 Å². The Labute approximate surface area is 222 Å². The molecule has 196 valence electrons. The highest BCUT2D eigenvalue weighted by Gasteiger charge is 2.38. The molecule has 0 saturated carbocycles. The van der Waals surface area contributed by atoms with Crippen LogP contribution in [0.3, 0.4) is 0 Å². The first kappa shape index (κ1) is 28.3. The van der Waals surface area contributed by atoms with Gasteiger partial charge < -0.3 is 5.32 Å². The SMILES string of the molecule is CC(C)c1cccc(C(C)C)c1NC(c1ccccc1)c1cccc(S(C(C)C)(C(C)C)C(C)C)n1. The average Bonchev–Trinajstić information content (AvgIpc) is 2.82. The smallest absolute Gasteiger partial charge is 0.0940 e. The maximum Gasteiger partial charge on any atom is 0.0940 e. The van der Waals surface area contributed by atoms with Crippen molar-refractivity contribution in [3.8, 4) is 0 Å². The van der Waals surface area contributed by atoms with Gasteiger partial charge >= 0.3 is 0 Å². The van der Waals surface area contributed by atoms with Crippen molar-refractivity contribution in [1.82, 2.24) is 4.98 Å². The van der Waals surface area contributed by atoms with Gasteiger partial charge in [-0.25, -0.2) is 4.98 Å². The molecule has 2 nitrogen and oxygen atoms in total. The molecule has 1 aromatic heterocycles. The molecule has 3 aromatic rings. The molecule has 0 radical (unpaired) electrons. The number of rotatable bonds is 10. The van der Waals surface area contributed by atoms with E-state index in [0.29, 0.717) is 27.6 Å². The molecule has 1 unspecified atom stereocenters. The minimum absolute atomic E-state index is 0.0212. The van der Waals surface area contributed by atoms with Crippen molar-refractivity contribution >= 4 is 15.7 Å². The quantitative estimate of drug-likeness (QED) is 0.297. The molecule has 0 aliphatic carbocycles. The van der Waals surface area contributed by atoms with Crippen LogP contribution in [-0.2, 0) is 0 Å². The summed E-state index contributed by atoms with van der Waals surface area (Å²) in [5, 5.41) is 7.02. The molecule has 0 bridgehead atoms. The van der Waals surface area contributed by atoms with Gasteiger partial charge in [-0.2, -0.15) is 10.0 Å². The predicted octanol–water partition coefficient (Wildman–Crippen LogP) is 9.92. The van der Waals surface area contributed by atoms with Crippen LogP contribution in [0.15, 0.2) is 71.8 Å². The molecular weight excluding hydrogens is 456 g/mol. The van der Waals surface area contributed by atoms with Crippen LogP contribution in [0.5, 0.6) is 0 Å². The second kappa shape index (κ2) is 11.9. The Morgan fingerprint density at radius 3 is 1.56 bits per heavy atom. The molecular formula is C33H48N2S. The summed E-state index contributed by atoms with van der Waals surface area (Å²) in [6.07, 6.45) is 0. The predicted molar refractivity (Wildman–Crippen MR) is 162 cm³/mol. The Hall–Kier alpha value is -2.26. The number of para-hydroxylation sites is 1. The van der Waals surface area contributed by atoms with Gasteiger partial charge in [0.1, 0.15) is 0 Å². The van der Waals surface area contributed by atoms with Gasteiger partial charge in [0.2, 0.25) is 0 Å². The number of pyridine rings is 1. The minimum Gasteiger partial charge on any atom is -0.372 e. The van der Waals surface area contributed by atoms with Crippen LogP contribution in [0.1, 0.15) is 109 Å². The molecule has 3 rings (SSSR count). The molecule has 1 heterocycles. The zero-order chi connectivity index (χ0) is 26.6. The number of nitrogens with zero attached hydrogens (tertiary/aromatic N) is 1. The van der Waals surface area contributed by atoms with Crippen LogP contribution < -0.4 is 5.32 Å². The van der Waals surface area contributed by atoms with Crippen molar-refractivity contribution < 1.29 is 0 Å². The third kappa shape index (κ3) is 5.52. The van der Waals surface area contributed by atoms with E-state index in [2.05, 4.69) is 141 Å². The molecule has 1 atom stereocenters. The Bertz CT molecular complexity index is 1070. The van der Waals surface area contributed by atoms with Crippen LogP contribution in [0.25, 0.3) is 0 Å². The number of nitrogens with one attached hydrogen (secondary N) is 1. The second-order valence-electron chi connectivity index (χ2n) is 11.4. The third-order valence-electron chi connectivity index (χ3n) is 7.54. The van der Waals surface area contributed by atoms with Crippen LogP contribution in [0, 0.1) is 0 Å². The molecule has 0 saturated heterocycles. The summed E-state index contributed by atoms with van der Waals surface area (Å²) in [5.74, 6) is 0.865. The van der Waals surface area contributed by atoms with E-state index in [9.17, 15) is 0 Å². The molecule has 2 aromatic carbocycles. The maximum atomic E-state index is 5.51. The van der Waals surface area contributed by atoms with Gasteiger partial charge in [-0.15, -0.1) is 0 Å². The lowest BCUT2D eigenvalue weighted by Gasteiger charge is -2.50. The second-order valence-corrected chi connectivity index (χ2v) is 16.2. The van der Waals surface area contributed by atoms with Gasteiger partial charge in [0.25, 0.3) is 0 Å². The zero-order valence-electron chi connectivity index (χ0n) is 24.2. The molecule has 0 spiro atoms. The fourth-order valence-corrected chi connectivity index (χ4v) is 11.3. The van der Waals surface area contributed by atoms with Crippen molar-refractivity contribution in [3.63, 3.8) is 0 Å². The van der Waals surface area contributed by atoms with Crippen LogP contribution in [0.4, 0.5) is 5.69 Å². The van der Waals surface area contributed by atoms with Crippen LogP contribution >= 0.6 is 10.0 Å². The highest BCUT2D eigenvalue weighted by molar-refractivity contribution is 8.35. The summed E-state index contributed by atoms with van der Waals surface area (Å²) in [6.45, 7) is 23.5. The summed E-state index contributed by atoms with van der Waals surface area (Å²) >= 11 is 0. The van der Waals surface area contributed by atoms with E-state index in [1.165, 1.54) is 27.4 Å². The first-order valence-corrected chi connectivity index (χ1v) is 15.5. The fraction of sp³-hybridized carbons (Fsp3) is 0.485. The van der Waals surface area contributed by atoms with Crippen molar-refractivity contribution in [2.75, 3.05) is 5.32 Å². The molecule has 0 fully saturated rings. The monoisotopic (exact) mass is 504 g/mol. The molecule has 1 N–H and O–H groups in total. The van der Waals surface area contributed by atoms with Crippen molar-refractivity contribution in [1.29, 1.82) is 0 Å². The Morgan fingerprint density at radius 1 is 0.583 bits per heavy atom. The van der Waals surface area contributed by atoms with Gasteiger partial charge in [0, 0.05) is 5.69 Å². The summed E-state index contributed by atoms with van der Waals surface area (Å²) in [4.78, 5) is 5.51. The Kier molecular flexibility index (Phi) is 9.33. The molecule has 0 amide bonds. The van der Waals surface area contributed by atoms with Crippen molar-refractivity contribution in [2.24, 2.45) is 0 Å². The average molecular weight is 505 g/mol. The Balaban J connectivity index is 2.23. The van der Waals surface area contributed by atoms with E-state index in [4.69, 9.17) is 4.98 Å². The fourth-order valence-electron chi connectivity index (χ4n) is 5.98. The van der Waals surface area contributed by atoms with Gasteiger partial charge in [-0.3, -0.25) is 0 Å². The van der Waals surface area contributed by atoms with Gasteiger partial charge in [0.05, 0.1) is 16.8 Å². The van der Waals surface area contributed by atoms with Crippen molar-refractivity contribution in [2.45, 2.75) is 108 Å². The molecule has 3 heteroatoms. The largest absolute Gasteiger partial charge is 0.372 e. The zero-order valence-corrected chi connectivity index (χ0v) is 25.0. The first-order valence-electron chi connectivity index (χ1n) is 13.7. The van der Waals surface area contributed by atoms with Gasteiger partial charge in [0.15, 0.2) is 0 Å². The van der Waals surface area contributed by atoms with E-state index in [-0.39, 0.29) is 6.04 Å². The highest BCUT2D eigenvalue weighted by atomic mass is 32.3. The first-order chi connectivity index (χ1) is 17.0. The lowest BCUT2D eigenvalue weighted by atomic mass is 9.91. The van der Waals surface area contributed by atoms with Crippen LogP contribution in [-0.4, -0.2) is 20.7 Å². The minimum atomic E-state index is -1.12. The highest BCUT2D eigenvalue weighted by Crippen LogP contribution is 2.65. The van der Waals surface area contributed by atoms with Crippen molar-refractivity contribution in [3.05, 3.63) is 89.1 Å². The summed E-state index contributed by atoms with van der Waals surface area (Å²) < 4.78 is 0. The number of aromatic nitrogens is 1.